The van der Waals surface area contributed by atoms with Crippen LogP contribution < -0.4 is 10.4 Å². The zero-order chi connectivity index (χ0) is 26.8. The van der Waals surface area contributed by atoms with E-state index in [1.165, 1.54) is 10.4 Å². The Labute approximate surface area is 216 Å². The third-order valence-corrected chi connectivity index (χ3v) is 16.7. The average Bonchev–Trinajstić information content (AvgIpc) is 2.93. The van der Waals surface area contributed by atoms with Crippen molar-refractivity contribution in [2.24, 2.45) is 0 Å². The van der Waals surface area contributed by atoms with Gasteiger partial charge in [0.05, 0.1) is 11.1 Å². The summed E-state index contributed by atoms with van der Waals surface area (Å²) in [6.07, 6.45) is 0. The Morgan fingerprint density at radius 2 is 0.944 bits per heavy atom. The largest absolute Gasteiger partial charge is 0.386 e. The summed E-state index contributed by atoms with van der Waals surface area (Å²) >= 11 is 0. The molecule has 2 aromatic carbocycles. The predicted octanol–water partition coefficient (Wildman–Crippen LogP) is 5.88. The van der Waals surface area contributed by atoms with Gasteiger partial charge in [0.25, 0.3) is 0 Å². The number of hydrogen-bond acceptors (Lipinski definition) is 6. The molecule has 0 aliphatic heterocycles. The summed E-state index contributed by atoms with van der Waals surface area (Å²) in [6, 6.07) is 18.6. The fourth-order valence-corrected chi connectivity index (χ4v) is 10.2. The number of carbonyl (C=O) groups is 2. The molecule has 0 aliphatic carbocycles. The summed E-state index contributed by atoms with van der Waals surface area (Å²) in [7, 11) is -3.52. The summed E-state index contributed by atoms with van der Waals surface area (Å²) in [4.78, 5) is 43.6. The van der Waals surface area contributed by atoms with Gasteiger partial charge in [0, 0.05) is 0 Å². The minimum atomic E-state index is -1.76. The molecular weight excluding hydrogens is 488 g/mol. The molecule has 0 aliphatic rings. The summed E-state index contributed by atoms with van der Waals surface area (Å²) in [5.41, 5.74) is 4.77. The van der Waals surface area contributed by atoms with Crippen molar-refractivity contribution in [1.29, 1.82) is 0 Å². The van der Waals surface area contributed by atoms with Crippen LogP contribution in [-0.4, -0.2) is 28.1 Å². The number of carbonyl (C=O) groups excluding carboxylic acids is 2. The quantitative estimate of drug-likeness (QED) is 0.133. The highest BCUT2D eigenvalue weighted by Gasteiger charge is 2.28. The van der Waals surface area contributed by atoms with E-state index in [4.69, 9.17) is 19.6 Å². The van der Waals surface area contributed by atoms with Gasteiger partial charge >= 0.3 is 17.9 Å². The minimum Gasteiger partial charge on any atom is -0.243 e. The monoisotopic (exact) mass is 524 g/mol. The standard InChI is InChI=1S/C28H36O6Si2/c1-8-35(9-2,10-3)25-18-14-23(15-19-25)27(29)33-31-22(7)32-34-28(30)24-16-20-26(21-17-24)36(11-4,12-5)13-6/h8,11,14-21H,1,4,7,9-10,12-13H2,2-3,5-6H3. The maximum Gasteiger partial charge on any atom is 0.386 e. The van der Waals surface area contributed by atoms with Gasteiger partial charge in [-0.2, -0.15) is 0 Å². The third-order valence-electron chi connectivity index (χ3n) is 7.12. The first kappa shape index (κ1) is 28.9. The van der Waals surface area contributed by atoms with Crippen LogP contribution in [-0.2, 0) is 19.6 Å². The first-order valence-corrected chi connectivity index (χ1v) is 17.2. The Hall–Kier alpha value is -3.37. The Bertz CT molecular complexity index is 983. The molecule has 0 atom stereocenters. The second-order valence-corrected chi connectivity index (χ2v) is 18.0. The van der Waals surface area contributed by atoms with Crippen molar-refractivity contribution in [3.05, 3.63) is 96.7 Å². The fourth-order valence-electron chi connectivity index (χ4n) is 4.28. The SMILES string of the molecule is C=C[Si](CC)(CC)c1ccc(C(=O)OOC(=C)OOC(=O)c2ccc([Si](C=C)(CC)CC)cc2)cc1. The van der Waals surface area contributed by atoms with Gasteiger partial charge in [0.15, 0.2) is 0 Å². The van der Waals surface area contributed by atoms with Gasteiger partial charge in [-0.3, -0.25) is 0 Å². The highest BCUT2D eigenvalue weighted by molar-refractivity contribution is 6.96. The van der Waals surface area contributed by atoms with Gasteiger partial charge < -0.3 is 0 Å². The van der Waals surface area contributed by atoms with Gasteiger partial charge in [-0.25, -0.2) is 29.1 Å². The van der Waals surface area contributed by atoms with Gasteiger partial charge in [-0.05, 0) is 30.8 Å². The van der Waals surface area contributed by atoms with Crippen LogP contribution in [0.3, 0.4) is 0 Å². The number of hydrogen-bond donors (Lipinski definition) is 0. The molecule has 0 bridgehead atoms. The molecule has 0 heterocycles. The van der Waals surface area contributed by atoms with Gasteiger partial charge in [-0.1, -0.05) is 97.9 Å². The molecule has 0 saturated carbocycles. The van der Waals surface area contributed by atoms with E-state index >= 15 is 0 Å². The van der Waals surface area contributed by atoms with Crippen LogP contribution in [0.25, 0.3) is 0 Å². The van der Waals surface area contributed by atoms with Crippen molar-refractivity contribution in [3.63, 3.8) is 0 Å². The Morgan fingerprint density at radius 3 is 1.19 bits per heavy atom. The second-order valence-electron chi connectivity index (χ2n) is 8.57. The molecule has 2 aromatic rings. The molecule has 0 spiro atoms. The third kappa shape index (κ3) is 6.44. The lowest BCUT2D eigenvalue weighted by Crippen LogP contribution is -2.44. The van der Waals surface area contributed by atoms with Crippen molar-refractivity contribution in [2.45, 2.75) is 51.9 Å². The normalized spacial score (nSPS) is 11.2. The molecular formula is C28H36O6Si2. The van der Waals surface area contributed by atoms with E-state index in [-0.39, 0.29) is 0 Å². The summed E-state index contributed by atoms with van der Waals surface area (Å²) in [6.45, 7) is 20.1. The van der Waals surface area contributed by atoms with Crippen LogP contribution in [0.15, 0.2) is 85.6 Å². The predicted molar refractivity (Wildman–Crippen MR) is 148 cm³/mol. The molecule has 192 valence electrons. The van der Waals surface area contributed by atoms with Crippen LogP contribution >= 0.6 is 0 Å². The van der Waals surface area contributed by atoms with E-state index in [2.05, 4.69) is 58.8 Å². The smallest absolute Gasteiger partial charge is 0.243 e. The van der Waals surface area contributed by atoms with Crippen molar-refractivity contribution < 1.29 is 29.1 Å². The lowest BCUT2D eigenvalue weighted by molar-refractivity contribution is -0.317. The minimum absolute atomic E-state index is 0.307. The van der Waals surface area contributed by atoms with Crippen LogP contribution in [0.1, 0.15) is 48.4 Å². The van der Waals surface area contributed by atoms with Gasteiger partial charge in [0.2, 0.25) is 0 Å². The number of rotatable bonds is 14. The first-order valence-electron chi connectivity index (χ1n) is 12.2. The van der Waals surface area contributed by atoms with Crippen LogP contribution in [0, 0.1) is 0 Å². The summed E-state index contributed by atoms with van der Waals surface area (Å²) in [5, 5.41) is 2.41. The van der Waals surface area contributed by atoms with Crippen molar-refractivity contribution >= 4 is 38.5 Å². The molecule has 6 nitrogen and oxygen atoms in total. The fraction of sp³-hybridized carbons (Fsp3) is 0.286. The molecule has 2 rings (SSSR count). The van der Waals surface area contributed by atoms with E-state index in [9.17, 15) is 9.59 Å². The van der Waals surface area contributed by atoms with E-state index in [0.717, 1.165) is 24.2 Å². The average molecular weight is 525 g/mol. The van der Waals surface area contributed by atoms with E-state index in [0.29, 0.717) is 11.1 Å². The highest BCUT2D eigenvalue weighted by atomic mass is 28.3. The van der Waals surface area contributed by atoms with E-state index in [1.54, 1.807) is 24.3 Å². The van der Waals surface area contributed by atoms with Gasteiger partial charge in [0.1, 0.15) is 16.1 Å². The van der Waals surface area contributed by atoms with Crippen molar-refractivity contribution in [2.75, 3.05) is 0 Å². The zero-order valence-electron chi connectivity index (χ0n) is 21.7. The Kier molecular flexibility index (Phi) is 10.5. The molecule has 0 aromatic heterocycles. The Balaban J connectivity index is 1.89. The van der Waals surface area contributed by atoms with Crippen LogP contribution in [0.4, 0.5) is 0 Å². The van der Waals surface area contributed by atoms with E-state index < -0.39 is 34.0 Å². The molecule has 36 heavy (non-hydrogen) atoms. The van der Waals surface area contributed by atoms with E-state index in [1.807, 2.05) is 24.3 Å². The van der Waals surface area contributed by atoms with Crippen molar-refractivity contribution in [3.8, 4) is 0 Å². The Morgan fingerprint density at radius 1 is 0.639 bits per heavy atom. The maximum atomic E-state index is 12.3. The zero-order valence-corrected chi connectivity index (χ0v) is 23.7. The highest BCUT2D eigenvalue weighted by Crippen LogP contribution is 2.18. The van der Waals surface area contributed by atoms with Crippen LogP contribution in [0.2, 0.25) is 24.2 Å². The molecule has 8 heteroatoms. The molecule has 0 fully saturated rings. The molecule has 0 N–H and O–H groups in total. The van der Waals surface area contributed by atoms with Crippen LogP contribution in [0.5, 0.6) is 0 Å². The summed E-state index contributed by atoms with van der Waals surface area (Å²) < 4.78 is 0. The van der Waals surface area contributed by atoms with Crippen molar-refractivity contribution in [1.82, 2.24) is 0 Å². The molecule has 0 radical (unpaired) electrons. The van der Waals surface area contributed by atoms with Gasteiger partial charge in [-0.15, -0.1) is 13.2 Å². The lowest BCUT2D eigenvalue weighted by atomic mass is 10.2. The maximum absolute atomic E-state index is 12.3. The second kappa shape index (κ2) is 13.1. The molecule has 0 amide bonds. The lowest BCUT2D eigenvalue weighted by Gasteiger charge is -2.25. The molecule has 0 saturated heterocycles. The summed E-state index contributed by atoms with van der Waals surface area (Å²) in [5.74, 6) is -1.95. The molecule has 0 unspecified atom stereocenters. The topological polar surface area (TPSA) is 71.1 Å². The first-order chi connectivity index (χ1) is 17.2. The number of benzene rings is 2.